The summed E-state index contributed by atoms with van der Waals surface area (Å²) in [5, 5.41) is 21.3. The van der Waals surface area contributed by atoms with Gasteiger partial charge in [0.15, 0.2) is 0 Å². The van der Waals surface area contributed by atoms with Crippen molar-refractivity contribution in [3.63, 3.8) is 0 Å². The molecule has 1 heterocycles. The predicted molar refractivity (Wildman–Crippen MR) is 101 cm³/mol. The summed E-state index contributed by atoms with van der Waals surface area (Å²) in [4.78, 5) is 22.8. The third kappa shape index (κ3) is 5.60. The summed E-state index contributed by atoms with van der Waals surface area (Å²) in [5.74, 6) is -0.142. The number of aryl methyl sites for hydroxylation is 1. The lowest BCUT2D eigenvalue weighted by molar-refractivity contribution is -0.386. The molecule has 0 spiro atoms. The maximum atomic E-state index is 12.1. The summed E-state index contributed by atoms with van der Waals surface area (Å²) in [7, 11) is 1.64. The normalized spacial score (nSPS) is 10.8. The van der Waals surface area contributed by atoms with Crippen molar-refractivity contribution in [1.82, 2.24) is 20.4 Å². The number of carbonyl (C=O) groups excluding carboxylic acids is 1. The molecule has 0 aliphatic heterocycles. The topological polar surface area (TPSA) is 111 Å². The van der Waals surface area contributed by atoms with Crippen molar-refractivity contribution in [2.24, 2.45) is 0 Å². The standard InChI is InChI=1S/C18H25N5O4/c1-13-17(23(25)26)14(2)22(21-13)12-15-4-6-16(7-5-15)18(24)20-9-8-19-10-11-27-3/h4-7,19H,8-12H2,1-3H3,(H,20,24). The van der Waals surface area contributed by atoms with Crippen LogP contribution in [0, 0.1) is 24.0 Å². The zero-order valence-electron chi connectivity index (χ0n) is 15.8. The molecule has 9 nitrogen and oxygen atoms in total. The van der Waals surface area contributed by atoms with Gasteiger partial charge in [0.2, 0.25) is 0 Å². The van der Waals surface area contributed by atoms with E-state index in [1.807, 2.05) is 12.1 Å². The first-order valence-corrected chi connectivity index (χ1v) is 8.69. The van der Waals surface area contributed by atoms with Crippen molar-refractivity contribution in [1.29, 1.82) is 0 Å². The highest BCUT2D eigenvalue weighted by atomic mass is 16.6. The van der Waals surface area contributed by atoms with Crippen LogP contribution in [-0.2, 0) is 11.3 Å². The highest BCUT2D eigenvalue weighted by Gasteiger charge is 2.21. The Morgan fingerprint density at radius 3 is 2.52 bits per heavy atom. The lowest BCUT2D eigenvalue weighted by Gasteiger charge is -2.08. The van der Waals surface area contributed by atoms with Crippen LogP contribution in [-0.4, -0.2) is 54.0 Å². The molecule has 0 aliphatic rings. The highest BCUT2D eigenvalue weighted by Crippen LogP contribution is 2.22. The van der Waals surface area contributed by atoms with E-state index in [1.165, 1.54) is 0 Å². The summed E-state index contributed by atoms with van der Waals surface area (Å²) in [6.45, 7) is 6.29. The fourth-order valence-electron chi connectivity index (χ4n) is 2.71. The summed E-state index contributed by atoms with van der Waals surface area (Å²) in [6, 6.07) is 7.13. The van der Waals surface area contributed by atoms with E-state index in [1.54, 1.807) is 37.8 Å². The molecule has 0 unspecified atom stereocenters. The Hall–Kier alpha value is -2.78. The summed E-state index contributed by atoms with van der Waals surface area (Å²) >= 11 is 0. The first-order valence-electron chi connectivity index (χ1n) is 8.69. The number of rotatable bonds is 10. The molecule has 0 radical (unpaired) electrons. The van der Waals surface area contributed by atoms with Crippen LogP contribution >= 0.6 is 0 Å². The van der Waals surface area contributed by atoms with Gasteiger partial charge in [-0.15, -0.1) is 0 Å². The Balaban J connectivity index is 1.91. The number of ether oxygens (including phenoxy) is 1. The van der Waals surface area contributed by atoms with Gasteiger partial charge in [-0.05, 0) is 31.5 Å². The first-order chi connectivity index (χ1) is 12.9. The lowest BCUT2D eigenvalue weighted by atomic mass is 10.1. The maximum absolute atomic E-state index is 12.1. The van der Waals surface area contributed by atoms with E-state index in [9.17, 15) is 14.9 Å². The van der Waals surface area contributed by atoms with Crippen LogP contribution in [0.25, 0.3) is 0 Å². The Morgan fingerprint density at radius 1 is 1.22 bits per heavy atom. The molecular weight excluding hydrogens is 350 g/mol. The van der Waals surface area contributed by atoms with E-state index in [0.29, 0.717) is 43.2 Å². The molecule has 1 aromatic heterocycles. The number of hydrogen-bond acceptors (Lipinski definition) is 6. The Kier molecular flexibility index (Phi) is 7.44. The van der Waals surface area contributed by atoms with Gasteiger partial charge in [0.25, 0.3) is 5.91 Å². The van der Waals surface area contributed by atoms with Crippen LogP contribution in [0.1, 0.15) is 27.3 Å². The third-order valence-electron chi connectivity index (χ3n) is 4.14. The quantitative estimate of drug-likeness (QED) is 0.369. The predicted octanol–water partition coefficient (Wildman–Crippen LogP) is 1.42. The molecule has 2 rings (SSSR count). The Morgan fingerprint density at radius 2 is 1.93 bits per heavy atom. The molecule has 0 saturated carbocycles. The van der Waals surface area contributed by atoms with E-state index in [2.05, 4.69) is 15.7 Å². The summed E-state index contributed by atoms with van der Waals surface area (Å²) in [5.41, 5.74) is 2.43. The smallest absolute Gasteiger partial charge is 0.312 e. The van der Waals surface area contributed by atoms with Crippen LogP contribution in [0.2, 0.25) is 0 Å². The second-order valence-electron chi connectivity index (χ2n) is 6.13. The molecule has 0 aliphatic carbocycles. The number of nitrogens with zero attached hydrogens (tertiary/aromatic N) is 3. The van der Waals surface area contributed by atoms with Gasteiger partial charge in [0, 0.05) is 32.3 Å². The average Bonchev–Trinajstić information content (AvgIpc) is 2.92. The van der Waals surface area contributed by atoms with Crippen LogP contribution in [0.4, 0.5) is 5.69 Å². The summed E-state index contributed by atoms with van der Waals surface area (Å²) < 4.78 is 6.54. The van der Waals surface area contributed by atoms with E-state index in [-0.39, 0.29) is 11.6 Å². The Labute approximate surface area is 157 Å². The fraction of sp³-hybridized carbons (Fsp3) is 0.444. The van der Waals surface area contributed by atoms with Gasteiger partial charge in [0.05, 0.1) is 18.1 Å². The molecule has 146 valence electrons. The third-order valence-corrected chi connectivity index (χ3v) is 4.14. The van der Waals surface area contributed by atoms with Gasteiger partial charge in [0.1, 0.15) is 11.4 Å². The number of amides is 1. The molecule has 0 bridgehead atoms. The van der Waals surface area contributed by atoms with E-state index >= 15 is 0 Å². The van der Waals surface area contributed by atoms with Crippen molar-refractivity contribution in [2.75, 3.05) is 33.4 Å². The number of nitro groups is 1. The fourth-order valence-corrected chi connectivity index (χ4v) is 2.71. The molecule has 0 fully saturated rings. The van der Waals surface area contributed by atoms with Gasteiger partial charge < -0.3 is 15.4 Å². The van der Waals surface area contributed by atoms with Crippen molar-refractivity contribution >= 4 is 11.6 Å². The van der Waals surface area contributed by atoms with Gasteiger partial charge in [-0.3, -0.25) is 19.6 Å². The summed E-state index contributed by atoms with van der Waals surface area (Å²) in [6.07, 6.45) is 0. The maximum Gasteiger partial charge on any atom is 0.312 e. The monoisotopic (exact) mass is 375 g/mol. The average molecular weight is 375 g/mol. The number of nitrogens with one attached hydrogen (secondary N) is 2. The van der Waals surface area contributed by atoms with Crippen molar-refractivity contribution in [3.8, 4) is 0 Å². The molecule has 2 N–H and O–H groups in total. The molecule has 1 aromatic carbocycles. The highest BCUT2D eigenvalue weighted by molar-refractivity contribution is 5.94. The van der Waals surface area contributed by atoms with Crippen LogP contribution in [0.15, 0.2) is 24.3 Å². The number of hydrogen-bond donors (Lipinski definition) is 2. The molecule has 0 atom stereocenters. The van der Waals surface area contributed by atoms with Gasteiger partial charge in [-0.2, -0.15) is 5.10 Å². The molecule has 27 heavy (non-hydrogen) atoms. The van der Waals surface area contributed by atoms with Crippen LogP contribution < -0.4 is 10.6 Å². The zero-order valence-corrected chi connectivity index (χ0v) is 15.8. The largest absolute Gasteiger partial charge is 0.383 e. The SMILES string of the molecule is COCCNCCNC(=O)c1ccc(Cn2nc(C)c([N+](=O)[O-])c2C)cc1. The number of methoxy groups -OCH3 is 1. The Bertz CT molecular complexity index is 786. The van der Waals surface area contributed by atoms with Crippen molar-refractivity contribution in [3.05, 3.63) is 56.9 Å². The number of benzene rings is 1. The second kappa shape index (κ2) is 9.79. The van der Waals surface area contributed by atoms with E-state index in [0.717, 1.165) is 12.1 Å². The van der Waals surface area contributed by atoms with Gasteiger partial charge in [-0.1, -0.05) is 12.1 Å². The first kappa shape index (κ1) is 20.5. The zero-order chi connectivity index (χ0) is 19.8. The van der Waals surface area contributed by atoms with Crippen LogP contribution in [0.5, 0.6) is 0 Å². The second-order valence-corrected chi connectivity index (χ2v) is 6.13. The van der Waals surface area contributed by atoms with Crippen molar-refractivity contribution < 1.29 is 14.5 Å². The number of aromatic nitrogens is 2. The minimum atomic E-state index is -0.411. The van der Waals surface area contributed by atoms with Crippen molar-refractivity contribution in [2.45, 2.75) is 20.4 Å². The van der Waals surface area contributed by atoms with E-state index < -0.39 is 4.92 Å². The minimum Gasteiger partial charge on any atom is -0.383 e. The molecule has 0 saturated heterocycles. The van der Waals surface area contributed by atoms with E-state index in [4.69, 9.17) is 4.74 Å². The van der Waals surface area contributed by atoms with Gasteiger partial charge >= 0.3 is 5.69 Å². The molecule has 9 heteroatoms. The molecule has 1 amide bonds. The minimum absolute atomic E-state index is 0.0464. The van der Waals surface area contributed by atoms with Gasteiger partial charge in [-0.25, -0.2) is 0 Å². The molecular formula is C18H25N5O4. The van der Waals surface area contributed by atoms with Crippen LogP contribution in [0.3, 0.4) is 0 Å². The number of carbonyl (C=O) groups is 1. The molecule has 2 aromatic rings. The lowest BCUT2D eigenvalue weighted by Crippen LogP contribution is -2.33.